The number of nitrogens with zero attached hydrogens (tertiary/aromatic N) is 1. The molecule has 0 aliphatic carbocycles. The first-order valence-corrected chi connectivity index (χ1v) is 8.22. The molecule has 1 N–H and O–H groups in total. The number of likely N-dealkylation sites (tertiary alicyclic amines) is 1. The molecule has 0 aromatic heterocycles. The third kappa shape index (κ3) is 4.30. The summed E-state index contributed by atoms with van der Waals surface area (Å²) in [5, 5.41) is 3.09. The van der Waals surface area contributed by atoms with Crippen LogP contribution in [0.2, 0.25) is 0 Å². The molecule has 1 aromatic rings. The van der Waals surface area contributed by atoms with Crippen LogP contribution in [0.25, 0.3) is 0 Å². The van der Waals surface area contributed by atoms with E-state index in [1.165, 1.54) is 6.42 Å². The van der Waals surface area contributed by atoms with Gasteiger partial charge >= 0.3 is 6.03 Å². The van der Waals surface area contributed by atoms with Gasteiger partial charge in [-0.3, -0.25) is 0 Å². The minimum absolute atomic E-state index is 0.00577. The van der Waals surface area contributed by atoms with Gasteiger partial charge in [0, 0.05) is 24.7 Å². The smallest absolute Gasteiger partial charge is 0.317 e. The molecule has 0 bridgehead atoms. The van der Waals surface area contributed by atoms with Crippen LogP contribution in [0.5, 0.6) is 11.5 Å². The molecule has 128 valence electrons. The van der Waals surface area contributed by atoms with Crippen molar-refractivity contribution in [1.29, 1.82) is 0 Å². The van der Waals surface area contributed by atoms with E-state index in [4.69, 9.17) is 9.47 Å². The van der Waals surface area contributed by atoms with Crippen molar-refractivity contribution in [2.24, 2.45) is 11.8 Å². The summed E-state index contributed by atoms with van der Waals surface area (Å²) < 4.78 is 10.6. The number of piperidine rings is 1. The van der Waals surface area contributed by atoms with E-state index in [-0.39, 0.29) is 12.1 Å². The summed E-state index contributed by atoms with van der Waals surface area (Å²) in [6, 6.07) is 5.52. The second-order valence-corrected chi connectivity index (χ2v) is 6.63. The minimum Gasteiger partial charge on any atom is -0.497 e. The molecule has 1 fully saturated rings. The first-order chi connectivity index (χ1) is 10.9. The summed E-state index contributed by atoms with van der Waals surface area (Å²) >= 11 is 0. The van der Waals surface area contributed by atoms with Gasteiger partial charge in [-0.15, -0.1) is 0 Å². The molecule has 0 saturated carbocycles. The van der Waals surface area contributed by atoms with Gasteiger partial charge in [0.05, 0.1) is 20.3 Å². The second kappa shape index (κ2) is 7.57. The van der Waals surface area contributed by atoms with Gasteiger partial charge in [0.15, 0.2) is 0 Å². The summed E-state index contributed by atoms with van der Waals surface area (Å²) in [6.07, 6.45) is 1.19. The van der Waals surface area contributed by atoms with E-state index in [2.05, 4.69) is 19.2 Å². The Bertz CT molecular complexity index is 537. The molecule has 2 amide bonds. The summed E-state index contributed by atoms with van der Waals surface area (Å²) in [7, 11) is 3.25. The van der Waals surface area contributed by atoms with Crippen LogP contribution in [0.4, 0.5) is 4.79 Å². The monoisotopic (exact) mass is 320 g/mol. The highest BCUT2D eigenvalue weighted by Crippen LogP contribution is 2.29. The van der Waals surface area contributed by atoms with Crippen molar-refractivity contribution in [3.63, 3.8) is 0 Å². The van der Waals surface area contributed by atoms with Crippen LogP contribution in [-0.2, 0) is 0 Å². The van der Waals surface area contributed by atoms with Gasteiger partial charge in [-0.1, -0.05) is 13.8 Å². The fourth-order valence-electron chi connectivity index (χ4n) is 3.36. The number of carbonyl (C=O) groups excluding carboxylic acids is 1. The van der Waals surface area contributed by atoms with Gasteiger partial charge in [0.25, 0.3) is 0 Å². The lowest BCUT2D eigenvalue weighted by Crippen LogP contribution is -2.48. The Morgan fingerprint density at radius 1 is 1.22 bits per heavy atom. The molecular weight excluding hydrogens is 292 g/mol. The van der Waals surface area contributed by atoms with E-state index in [0.29, 0.717) is 11.8 Å². The van der Waals surface area contributed by atoms with Gasteiger partial charge in [-0.2, -0.15) is 0 Å². The largest absolute Gasteiger partial charge is 0.497 e. The van der Waals surface area contributed by atoms with E-state index in [1.54, 1.807) is 14.2 Å². The SMILES string of the molecule is COc1ccc(C(C)NC(=O)N2CC(C)CC(C)C2)c(OC)c1. The number of benzene rings is 1. The highest BCUT2D eigenvalue weighted by molar-refractivity contribution is 5.75. The maximum atomic E-state index is 12.5. The number of ether oxygens (including phenoxy) is 2. The average molecular weight is 320 g/mol. The number of amides is 2. The Morgan fingerprint density at radius 3 is 2.43 bits per heavy atom. The molecule has 2 rings (SSSR count). The van der Waals surface area contributed by atoms with Crippen molar-refractivity contribution < 1.29 is 14.3 Å². The molecule has 3 unspecified atom stereocenters. The number of rotatable bonds is 4. The third-order valence-corrected chi connectivity index (χ3v) is 4.40. The molecule has 1 aliphatic rings. The van der Waals surface area contributed by atoms with Crippen LogP contribution in [0.15, 0.2) is 18.2 Å². The molecule has 1 aromatic carbocycles. The molecule has 3 atom stereocenters. The van der Waals surface area contributed by atoms with Crippen molar-refractivity contribution in [3.8, 4) is 11.5 Å². The number of nitrogens with one attached hydrogen (secondary N) is 1. The Balaban J connectivity index is 2.06. The van der Waals surface area contributed by atoms with Gasteiger partial charge < -0.3 is 19.7 Å². The zero-order valence-corrected chi connectivity index (χ0v) is 14.8. The summed E-state index contributed by atoms with van der Waals surface area (Å²) in [6.45, 7) is 8.02. The predicted octanol–water partition coefficient (Wildman–Crippen LogP) is 3.45. The Kier molecular flexibility index (Phi) is 5.74. The number of methoxy groups -OCH3 is 2. The molecule has 0 radical (unpaired) electrons. The number of hydrogen-bond acceptors (Lipinski definition) is 3. The van der Waals surface area contributed by atoms with Crippen LogP contribution in [-0.4, -0.2) is 38.2 Å². The Morgan fingerprint density at radius 2 is 1.87 bits per heavy atom. The van der Waals surface area contributed by atoms with Gasteiger partial charge in [-0.05, 0) is 37.3 Å². The topological polar surface area (TPSA) is 50.8 Å². The standard InChI is InChI=1S/C18H28N2O3/c1-12-8-13(2)11-20(10-12)18(21)19-14(3)16-7-6-15(22-4)9-17(16)23-5/h6-7,9,12-14H,8,10-11H2,1-5H3,(H,19,21). The lowest BCUT2D eigenvalue weighted by Gasteiger charge is -2.35. The fraction of sp³-hybridized carbons (Fsp3) is 0.611. The first-order valence-electron chi connectivity index (χ1n) is 8.22. The zero-order valence-electron chi connectivity index (χ0n) is 14.8. The van der Waals surface area contributed by atoms with Crippen molar-refractivity contribution in [1.82, 2.24) is 10.2 Å². The van der Waals surface area contributed by atoms with Gasteiger partial charge in [-0.25, -0.2) is 4.79 Å². The zero-order chi connectivity index (χ0) is 17.0. The van der Waals surface area contributed by atoms with Crippen LogP contribution in [0.1, 0.15) is 38.8 Å². The quantitative estimate of drug-likeness (QED) is 0.924. The molecule has 1 heterocycles. The van der Waals surface area contributed by atoms with E-state index >= 15 is 0 Å². The second-order valence-electron chi connectivity index (χ2n) is 6.63. The van der Waals surface area contributed by atoms with Crippen molar-refractivity contribution >= 4 is 6.03 Å². The summed E-state index contributed by atoms with van der Waals surface area (Å²) in [5.41, 5.74) is 0.944. The molecule has 5 heteroatoms. The number of carbonyl (C=O) groups is 1. The molecule has 0 spiro atoms. The average Bonchev–Trinajstić information content (AvgIpc) is 2.53. The van der Waals surface area contributed by atoms with E-state index in [1.807, 2.05) is 30.0 Å². The summed E-state index contributed by atoms with van der Waals surface area (Å²) in [4.78, 5) is 14.5. The van der Waals surface area contributed by atoms with Crippen molar-refractivity contribution in [2.45, 2.75) is 33.2 Å². The highest BCUT2D eigenvalue weighted by atomic mass is 16.5. The van der Waals surface area contributed by atoms with Crippen molar-refractivity contribution in [2.75, 3.05) is 27.3 Å². The molecule has 23 heavy (non-hydrogen) atoms. The van der Waals surface area contributed by atoms with Gasteiger partial charge in [0.1, 0.15) is 11.5 Å². The minimum atomic E-state index is -0.129. The van der Waals surface area contributed by atoms with Crippen LogP contribution >= 0.6 is 0 Å². The number of urea groups is 1. The fourth-order valence-corrected chi connectivity index (χ4v) is 3.36. The first kappa shape index (κ1) is 17.4. The lowest BCUT2D eigenvalue weighted by atomic mass is 9.92. The van der Waals surface area contributed by atoms with Gasteiger partial charge in [0.2, 0.25) is 0 Å². The molecule has 1 aliphatic heterocycles. The number of hydrogen-bond donors (Lipinski definition) is 1. The Hall–Kier alpha value is -1.91. The molecular formula is C18H28N2O3. The lowest BCUT2D eigenvalue weighted by molar-refractivity contribution is 0.144. The predicted molar refractivity (Wildman–Crippen MR) is 91.0 cm³/mol. The third-order valence-electron chi connectivity index (χ3n) is 4.40. The van der Waals surface area contributed by atoms with Crippen LogP contribution in [0, 0.1) is 11.8 Å². The van der Waals surface area contributed by atoms with Crippen LogP contribution in [0.3, 0.4) is 0 Å². The molecule has 1 saturated heterocycles. The summed E-state index contributed by atoms with van der Waals surface area (Å²) in [5.74, 6) is 2.56. The maximum Gasteiger partial charge on any atom is 0.317 e. The van der Waals surface area contributed by atoms with E-state index in [9.17, 15) is 4.79 Å². The van der Waals surface area contributed by atoms with Crippen LogP contribution < -0.4 is 14.8 Å². The maximum absolute atomic E-state index is 12.5. The molecule has 5 nitrogen and oxygen atoms in total. The Labute approximate surface area is 139 Å². The van der Waals surface area contributed by atoms with E-state index in [0.717, 1.165) is 30.2 Å². The normalized spacial score (nSPS) is 22.4. The van der Waals surface area contributed by atoms with E-state index < -0.39 is 0 Å². The highest BCUT2D eigenvalue weighted by Gasteiger charge is 2.26. The van der Waals surface area contributed by atoms with Crippen molar-refractivity contribution in [3.05, 3.63) is 23.8 Å².